The lowest BCUT2D eigenvalue weighted by Crippen LogP contribution is -2.15. The smallest absolute Gasteiger partial charge is 0.178 e. The highest BCUT2D eigenvalue weighted by Crippen LogP contribution is 2.30. The molecule has 0 fully saturated rings. The first-order chi connectivity index (χ1) is 6.61. The minimum atomic E-state index is -0.175. The van der Waals surface area contributed by atoms with Crippen LogP contribution in [0, 0.1) is 6.92 Å². The number of Topliss-reactive ketones (excluding diaryl/α,β-unsaturated/α-hetero) is 1. The largest absolute Gasteiger partial charge is 0.495 e. The lowest BCUT2D eigenvalue weighted by Gasteiger charge is -2.09. The van der Waals surface area contributed by atoms with E-state index in [1.807, 2.05) is 6.92 Å². The molecule has 0 atom stereocenters. The molecule has 0 unspecified atom stereocenters. The van der Waals surface area contributed by atoms with Gasteiger partial charge in [0.15, 0.2) is 5.78 Å². The fourth-order valence-electron chi connectivity index (χ4n) is 1.26. The Bertz CT molecular complexity index is 363. The Morgan fingerprint density at radius 2 is 2.21 bits per heavy atom. The fraction of sp³-hybridized carbons (Fsp3) is 0.300. The molecule has 0 bridgehead atoms. The van der Waals surface area contributed by atoms with Gasteiger partial charge in [0.2, 0.25) is 0 Å². The molecule has 0 saturated heterocycles. The molecule has 1 rings (SSSR count). The zero-order valence-electron chi connectivity index (χ0n) is 8.13. The van der Waals surface area contributed by atoms with E-state index in [-0.39, 0.29) is 12.3 Å². The number of carbonyl (C=O) groups excluding carboxylic acids is 1. The summed E-state index contributed by atoms with van der Waals surface area (Å²) in [6, 6.07) is 3.51. The monoisotopic (exact) mass is 213 g/mol. The van der Waals surface area contributed by atoms with Gasteiger partial charge < -0.3 is 10.5 Å². The number of nitrogens with two attached hydrogens (primary N) is 1. The van der Waals surface area contributed by atoms with E-state index in [2.05, 4.69) is 0 Å². The van der Waals surface area contributed by atoms with Crippen molar-refractivity contribution in [2.75, 3.05) is 13.7 Å². The van der Waals surface area contributed by atoms with Crippen molar-refractivity contribution in [1.82, 2.24) is 0 Å². The molecule has 0 amide bonds. The molecule has 0 radical (unpaired) electrons. The summed E-state index contributed by atoms with van der Waals surface area (Å²) in [5.41, 5.74) is 6.55. The van der Waals surface area contributed by atoms with Crippen LogP contribution in [-0.4, -0.2) is 19.4 Å². The van der Waals surface area contributed by atoms with E-state index >= 15 is 0 Å². The number of hydrogen-bond acceptors (Lipinski definition) is 3. The van der Waals surface area contributed by atoms with E-state index in [0.29, 0.717) is 16.3 Å². The van der Waals surface area contributed by atoms with Gasteiger partial charge in [-0.25, -0.2) is 0 Å². The molecule has 3 nitrogen and oxygen atoms in total. The predicted molar refractivity (Wildman–Crippen MR) is 56.1 cm³/mol. The standard InChI is InChI=1S/C10H12ClNO2/c1-6-3-4-8(14-2)10(11)9(6)7(13)5-12/h3-4H,5,12H2,1-2H3. The number of methoxy groups -OCH3 is 1. The van der Waals surface area contributed by atoms with Gasteiger partial charge in [0.05, 0.1) is 18.7 Å². The quantitative estimate of drug-likeness (QED) is 0.779. The lowest BCUT2D eigenvalue weighted by molar-refractivity contribution is 0.100. The second-order valence-corrected chi connectivity index (χ2v) is 3.28. The third kappa shape index (κ3) is 1.89. The van der Waals surface area contributed by atoms with E-state index < -0.39 is 0 Å². The minimum absolute atomic E-state index is 0.0479. The van der Waals surface area contributed by atoms with Gasteiger partial charge in [-0.3, -0.25) is 4.79 Å². The number of ether oxygens (including phenoxy) is 1. The second kappa shape index (κ2) is 4.44. The molecule has 0 saturated carbocycles. The third-order valence-electron chi connectivity index (χ3n) is 2.00. The Morgan fingerprint density at radius 3 is 2.71 bits per heavy atom. The first-order valence-electron chi connectivity index (χ1n) is 4.18. The van der Waals surface area contributed by atoms with E-state index in [4.69, 9.17) is 22.1 Å². The van der Waals surface area contributed by atoms with E-state index in [0.717, 1.165) is 5.56 Å². The summed E-state index contributed by atoms with van der Waals surface area (Å²) in [6.45, 7) is 1.77. The van der Waals surface area contributed by atoms with Crippen LogP contribution in [0.15, 0.2) is 12.1 Å². The van der Waals surface area contributed by atoms with Crippen molar-refractivity contribution < 1.29 is 9.53 Å². The number of carbonyl (C=O) groups is 1. The minimum Gasteiger partial charge on any atom is -0.495 e. The summed E-state index contributed by atoms with van der Waals surface area (Å²) >= 11 is 5.99. The zero-order valence-corrected chi connectivity index (χ0v) is 8.89. The zero-order chi connectivity index (χ0) is 10.7. The van der Waals surface area contributed by atoms with Crippen LogP contribution in [0.5, 0.6) is 5.75 Å². The molecule has 1 aromatic rings. The Hall–Kier alpha value is -1.06. The summed E-state index contributed by atoms with van der Waals surface area (Å²) in [7, 11) is 1.51. The number of ketones is 1. The van der Waals surface area contributed by atoms with Gasteiger partial charge in [-0.15, -0.1) is 0 Å². The maximum Gasteiger partial charge on any atom is 0.178 e. The summed E-state index contributed by atoms with van der Waals surface area (Å²) in [4.78, 5) is 11.5. The van der Waals surface area contributed by atoms with Crippen LogP contribution in [0.1, 0.15) is 15.9 Å². The van der Waals surface area contributed by atoms with Gasteiger partial charge in [0.25, 0.3) is 0 Å². The summed E-state index contributed by atoms with van der Waals surface area (Å²) in [5, 5.41) is 0.336. The average Bonchev–Trinajstić information content (AvgIpc) is 2.18. The Labute approximate surface area is 87.8 Å². The van der Waals surface area contributed by atoms with Gasteiger partial charge in [-0.1, -0.05) is 17.7 Å². The molecule has 2 N–H and O–H groups in total. The third-order valence-corrected chi connectivity index (χ3v) is 2.37. The molecule has 0 aromatic heterocycles. The van der Waals surface area contributed by atoms with Gasteiger partial charge in [-0.05, 0) is 18.6 Å². The second-order valence-electron chi connectivity index (χ2n) is 2.90. The van der Waals surface area contributed by atoms with Gasteiger partial charge in [0.1, 0.15) is 5.75 Å². The maximum atomic E-state index is 11.5. The van der Waals surface area contributed by atoms with Crippen LogP contribution in [0.3, 0.4) is 0 Å². The van der Waals surface area contributed by atoms with Crippen LogP contribution in [0.2, 0.25) is 5.02 Å². The summed E-state index contributed by atoms with van der Waals surface area (Å²) in [5.74, 6) is 0.320. The van der Waals surface area contributed by atoms with Crippen molar-refractivity contribution >= 4 is 17.4 Å². The molecule has 14 heavy (non-hydrogen) atoms. The number of halogens is 1. The Kier molecular flexibility index (Phi) is 3.49. The lowest BCUT2D eigenvalue weighted by atomic mass is 10.0. The van der Waals surface area contributed by atoms with Crippen LogP contribution >= 0.6 is 11.6 Å². The Balaban J connectivity index is 3.32. The highest BCUT2D eigenvalue weighted by Gasteiger charge is 2.15. The van der Waals surface area contributed by atoms with E-state index in [1.54, 1.807) is 12.1 Å². The number of hydrogen-bond donors (Lipinski definition) is 1. The molecule has 0 aliphatic carbocycles. The molecule has 0 spiro atoms. The highest BCUT2D eigenvalue weighted by molar-refractivity contribution is 6.35. The van der Waals surface area contributed by atoms with Crippen LogP contribution in [-0.2, 0) is 0 Å². The van der Waals surface area contributed by atoms with Crippen LogP contribution in [0.25, 0.3) is 0 Å². The van der Waals surface area contributed by atoms with E-state index in [1.165, 1.54) is 7.11 Å². The first kappa shape index (κ1) is 11.0. The fourth-order valence-corrected chi connectivity index (χ4v) is 1.65. The number of aryl methyl sites for hydroxylation is 1. The van der Waals surface area contributed by atoms with Crippen LogP contribution in [0.4, 0.5) is 0 Å². The normalized spacial score (nSPS) is 10.0. The summed E-state index contributed by atoms with van der Waals surface area (Å²) in [6.07, 6.45) is 0. The topological polar surface area (TPSA) is 52.3 Å². The highest BCUT2D eigenvalue weighted by atomic mass is 35.5. The SMILES string of the molecule is COc1ccc(C)c(C(=O)CN)c1Cl. The first-order valence-corrected chi connectivity index (χ1v) is 4.56. The van der Waals surface area contributed by atoms with Crippen molar-refractivity contribution in [2.24, 2.45) is 5.73 Å². The average molecular weight is 214 g/mol. The molecule has 76 valence electrons. The molecule has 4 heteroatoms. The predicted octanol–water partition coefficient (Wildman–Crippen LogP) is 1.80. The van der Waals surface area contributed by atoms with Crippen molar-refractivity contribution in [1.29, 1.82) is 0 Å². The molecule has 1 aromatic carbocycles. The molecule has 0 aliphatic rings. The van der Waals surface area contributed by atoms with Gasteiger partial charge >= 0.3 is 0 Å². The number of benzene rings is 1. The van der Waals surface area contributed by atoms with Crippen molar-refractivity contribution in [3.63, 3.8) is 0 Å². The van der Waals surface area contributed by atoms with Crippen molar-refractivity contribution in [3.8, 4) is 5.75 Å². The van der Waals surface area contributed by atoms with Crippen molar-refractivity contribution in [2.45, 2.75) is 6.92 Å². The van der Waals surface area contributed by atoms with Gasteiger partial charge in [0, 0.05) is 5.56 Å². The molecule has 0 aliphatic heterocycles. The molecular formula is C10H12ClNO2. The van der Waals surface area contributed by atoms with Crippen LogP contribution < -0.4 is 10.5 Å². The molecular weight excluding hydrogens is 202 g/mol. The number of rotatable bonds is 3. The summed E-state index contributed by atoms with van der Waals surface area (Å²) < 4.78 is 5.01. The van der Waals surface area contributed by atoms with Gasteiger partial charge in [-0.2, -0.15) is 0 Å². The Morgan fingerprint density at radius 1 is 1.57 bits per heavy atom. The van der Waals surface area contributed by atoms with Crippen molar-refractivity contribution in [3.05, 3.63) is 28.3 Å². The maximum absolute atomic E-state index is 11.5. The van der Waals surface area contributed by atoms with E-state index in [9.17, 15) is 4.79 Å². The molecule has 0 heterocycles.